The summed E-state index contributed by atoms with van der Waals surface area (Å²) in [6, 6.07) is 0. The Bertz CT molecular complexity index is 191. The number of carbonyl (C=O) groups excluding carboxylic acids is 1. The standard InChI is InChI=1S/C8H13NO/c1-7(2)5-9-6(10)8(7)3-4-8/h3-5H2,1-2H3,(H,9,10). The van der Waals surface area contributed by atoms with Crippen LogP contribution in [0.2, 0.25) is 0 Å². The van der Waals surface area contributed by atoms with Gasteiger partial charge in [-0.05, 0) is 18.3 Å². The number of rotatable bonds is 0. The summed E-state index contributed by atoms with van der Waals surface area (Å²) in [6.07, 6.45) is 2.21. The molecule has 2 heteroatoms. The highest BCUT2D eigenvalue weighted by Gasteiger charge is 2.63. The minimum atomic E-state index is 0.0486. The van der Waals surface area contributed by atoms with Gasteiger partial charge in [-0.25, -0.2) is 0 Å². The van der Waals surface area contributed by atoms with Crippen molar-refractivity contribution < 1.29 is 4.79 Å². The van der Waals surface area contributed by atoms with E-state index in [-0.39, 0.29) is 16.7 Å². The first-order valence-corrected chi connectivity index (χ1v) is 3.87. The van der Waals surface area contributed by atoms with Crippen LogP contribution in [0.4, 0.5) is 0 Å². The molecule has 1 saturated carbocycles. The van der Waals surface area contributed by atoms with Crippen LogP contribution in [-0.2, 0) is 4.79 Å². The van der Waals surface area contributed by atoms with E-state index in [4.69, 9.17) is 0 Å². The maximum atomic E-state index is 11.3. The molecule has 10 heavy (non-hydrogen) atoms. The van der Waals surface area contributed by atoms with Gasteiger partial charge in [-0.1, -0.05) is 13.8 Å². The van der Waals surface area contributed by atoms with Gasteiger partial charge in [0.25, 0.3) is 0 Å². The van der Waals surface area contributed by atoms with E-state index in [1.807, 2.05) is 0 Å². The van der Waals surface area contributed by atoms with E-state index in [2.05, 4.69) is 19.2 Å². The van der Waals surface area contributed by atoms with Crippen LogP contribution in [-0.4, -0.2) is 12.5 Å². The maximum Gasteiger partial charge on any atom is 0.226 e. The second kappa shape index (κ2) is 1.39. The molecule has 2 aliphatic rings. The van der Waals surface area contributed by atoms with Crippen molar-refractivity contribution >= 4 is 5.91 Å². The van der Waals surface area contributed by atoms with Crippen molar-refractivity contribution in [1.82, 2.24) is 5.32 Å². The molecule has 1 heterocycles. The molecular formula is C8H13NO. The van der Waals surface area contributed by atoms with Crippen LogP contribution in [0.25, 0.3) is 0 Å². The number of hydrogen-bond acceptors (Lipinski definition) is 1. The monoisotopic (exact) mass is 139 g/mol. The molecule has 1 saturated heterocycles. The van der Waals surface area contributed by atoms with Crippen LogP contribution in [0, 0.1) is 10.8 Å². The van der Waals surface area contributed by atoms with Gasteiger partial charge in [0.1, 0.15) is 0 Å². The maximum absolute atomic E-state index is 11.3. The molecule has 0 bridgehead atoms. The van der Waals surface area contributed by atoms with Gasteiger partial charge in [-0.3, -0.25) is 4.79 Å². The van der Waals surface area contributed by atoms with E-state index in [0.717, 1.165) is 19.4 Å². The summed E-state index contributed by atoms with van der Waals surface area (Å²) in [5, 5.41) is 2.92. The van der Waals surface area contributed by atoms with Crippen molar-refractivity contribution in [2.24, 2.45) is 10.8 Å². The first-order chi connectivity index (χ1) is 4.58. The molecule has 56 valence electrons. The Morgan fingerprint density at radius 1 is 1.40 bits per heavy atom. The lowest BCUT2D eigenvalue weighted by Crippen LogP contribution is -2.25. The predicted molar refractivity (Wildman–Crippen MR) is 38.5 cm³/mol. The first kappa shape index (κ1) is 6.20. The Morgan fingerprint density at radius 2 is 2.00 bits per heavy atom. The van der Waals surface area contributed by atoms with Crippen molar-refractivity contribution in [2.75, 3.05) is 6.54 Å². The number of hydrogen-bond donors (Lipinski definition) is 1. The van der Waals surface area contributed by atoms with Crippen LogP contribution in [0.15, 0.2) is 0 Å². The third-order valence-corrected chi connectivity index (χ3v) is 3.17. The average molecular weight is 139 g/mol. The minimum absolute atomic E-state index is 0.0486. The SMILES string of the molecule is CC1(C)CNC(=O)C12CC2. The van der Waals surface area contributed by atoms with Crippen LogP contribution in [0.5, 0.6) is 0 Å². The second-order valence-electron chi connectivity index (χ2n) is 4.15. The van der Waals surface area contributed by atoms with Crippen molar-refractivity contribution in [3.05, 3.63) is 0 Å². The summed E-state index contributed by atoms with van der Waals surface area (Å²) in [7, 11) is 0. The fourth-order valence-corrected chi connectivity index (χ4v) is 1.98. The van der Waals surface area contributed by atoms with Crippen molar-refractivity contribution in [2.45, 2.75) is 26.7 Å². The lowest BCUT2D eigenvalue weighted by molar-refractivity contribution is -0.125. The average Bonchev–Trinajstić information content (AvgIpc) is 2.58. The van der Waals surface area contributed by atoms with E-state index in [9.17, 15) is 4.79 Å². The molecule has 2 rings (SSSR count). The highest BCUT2D eigenvalue weighted by Crippen LogP contribution is 2.60. The molecule has 0 aromatic heterocycles. The Balaban J connectivity index is 2.35. The molecular weight excluding hydrogens is 126 g/mol. The van der Waals surface area contributed by atoms with E-state index < -0.39 is 0 Å². The second-order valence-corrected chi connectivity index (χ2v) is 4.15. The molecule has 0 atom stereocenters. The van der Waals surface area contributed by atoms with Crippen molar-refractivity contribution in [1.29, 1.82) is 0 Å². The van der Waals surface area contributed by atoms with Crippen LogP contribution in [0.1, 0.15) is 26.7 Å². The number of carbonyl (C=O) groups is 1. The molecule has 0 radical (unpaired) electrons. The summed E-state index contributed by atoms with van der Waals surface area (Å²) in [4.78, 5) is 11.3. The lowest BCUT2D eigenvalue weighted by Gasteiger charge is -2.22. The Labute approximate surface area is 61.0 Å². The fourth-order valence-electron chi connectivity index (χ4n) is 1.98. The predicted octanol–water partition coefficient (Wildman–Crippen LogP) is 0.923. The van der Waals surface area contributed by atoms with Crippen molar-refractivity contribution in [3.63, 3.8) is 0 Å². The largest absolute Gasteiger partial charge is 0.355 e. The Morgan fingerprint density at radius 3 is 2.20 bits per heavy atom. The van der Waals surface area contributed by atoms with Gasteiger partial charge in [0.15, 0.2) is 0 Å². The van der Waals surface area contributed by atoms with Gasteiger partial charge in [0.05, 0.1) is 5.41 Å². The third-order valence-electron chi connectivity index (χ3n) is 3.17. The van der Waals surface area contributed by atoms with Gasteiger partial charge in [0.2, 0.25) is 5.91 Å². The molecule has 0 unspecified atom stereocenters. The zero-order chi connectivity index (χ0) is 7.41. The highest BCUT2D eigenvalue weighted by molar-refractivity contribution is 5.88. The van der Waals surface area contributed by atoms with E-state index in [1.165, 1.54) is 0 Å². The van der Waals surface area contributed by atoms with E-state index >= 15 is 0 Å². The van der Waals surface area contributed by atoms with Gasteiger partial charge < -0.3 is 5.32 Å². The van der Waals surface area contributed by atoms with Gasteiger partial charge >= 0.3 is 0 Å². The first-order valence-electron chi connectivity index (χ1n) is 3.87. The van der Waals surface area contributed by atoms with E-state index in [1.54, 1.807) is 0 Å². The molecule has 2 nitrogen and oxygen atoms in total. The molecule has 0 aromatic rings. The number of nitrogens with one attached hydrogen (secondary N) is 1. The molecule has 1 aliphatic heterocycles. The zero-order valence-electron chi connectivity index (χ0n) is 6.53. The van der Waals surface area contributed by atoms with Crippen molar-refractivity contribution in [3.8, 4) is 0 Å². The van der Waals surface area contributed by atoms with Gasteiger partial charge in [-0.15, -0.1) is 0 Å². The van der Waals surface area contributed by atoms with Crippen LogP contribution < -0.4 is 5.32 Å². The van der Waals surface area contributed by atoms with Crippen LogP contribution in [0.3, 0.4) is 0 Å². The molecule has 1 amide bonds. The third kappa shape index (κ3) is 0.482. The van der Waals surface area contributed by atoms with Crippen LogP contribution >= 0.6 is 0 Å². The molecule has 1 N–H and O–H groups in total. The minimum Gasteiger partial charge on any atom is -0.355 e. The fraction of sp³-hybridized carbons (Fsp3) is 0.875. The summed E-state index contributed by atoms with van der Waals surface area (Å²) < 4.78 is 0. The Kier molecular flexibility index (Phi) is 0.859. The summed E-state index contributed by atoms with van der Waals surface area (Å²) in [6.45, 7) is 5.22. The topological polar surface area (TPSA) is 29.1 Å². The smallest absolute Gasteiger partial charge is 0.226 e. The summed E-state index contributed by atoms with van der Waals surface area (Å²) in [5.74, 6) is 0.289. The zero-order valence-corrected chi connectivity index (χ0v) is 6.53. The molecule has 1 aliphatic carbocycles. The molecule has 1 spiro atoms. The molecule has 0 aromatic carbocycles. The van der Waals surface area contributed by atoms with E-state index in [0.29, 0.717) is 0 Å². The molecule has 2 fully saturated rings. The normalized spacial score (nSPS) is 32.4. The summed E-state index contributed by atoms with van der Waals surface area (Å²) >= 11 is 0. The highest BCUT2D eigenvalue weighted by atomic mass is 16.2. The lowest BCUT2D eigenvalue weighted by atomic mass is 9.79. The van der Waals surface area contributed by atoms with Gasteiger partial charge in [-0.2, -0.15) is 0 Å². The quantitative estimate of drug-likeness (QED) is 0.531. The number of amides is 1. The Hall–Kier alpha value is -0.530. The summed E-state index contributed by atoms with van der Waals surface area (Å²) in [5.41, 5.74) is 0.261. The van der Waals surface area contributed by atoms with Gasteiger partial charge in [0, 0.05) is 6.54 Å².